The molecule has 0 radical (unpaired) electrons. The first-order valence-electron chi connectivity index (χ1n) is 25.3. The molecule has 0 aromatic heterocycles. The number of hydrogen-bond donors (Lipinski definition) is 0. The summed E-state index contributed by atoms with van der Waals surface area (Å²) in [5.74, 6) is -32.3. The van der Waals surface area contributed by atoms with Crippen LogP contribution in [0.15, 0.2) is 48.5 Å². The van der Waals surface area contributed by atoms with Crippen LogP contribution in [0.5, 0.6) is 126 Å². The minimum atomic E-state index is -1.21. The van der Waals surface area contributed by atoms with E-state index in [0.717, 1.165) is 145 Å². The van der Waals surface area contributed by atoms with Crippen LogP contribution >= 0.6 is 0 Å². The molecular formula is C58H50O32. The fourth-order valence-electron chi connectivity index (χ4n) is 7.20. The Morgan fingerprint density at radius 2 is 0.356 bits per heavy atom. The number of carbonyl (C=O) groups is 14. The average molecular weight is 1260 g/mol. The lowest BCUT2D eigenvalue weighted by molar-refractivity contribution is -0.135. The molecular weight excluding hydrogens is 1210 g/mol. The number of carbonyl (C=O) groups excluding carboxylic acids is 14. The monoisotopic (exact) mass is 1260 g/mol. The third-order valence-electron chi connectivity index (χ3n) is 9.61. The lowest BCUT2D eigenvalue weighted by atomic mass is 10.2. The molecule has 5 aromatic carbocycles. The largest absolute Gasteiger partial charge is 0.449 e. The molecule has 0 fully saturated rings. The first kappa shape index (κ1) is 68.7. The van der Waals surface area contributed by atoms with E-state index in [9.17, 15) is 67.1 Å². The van der Waals surface area contributed by atoms with Gasteiger partial charge in [-0.1, -0.05) is 0 Å². The molecule has 474 valence electrons. The van der Waals surface area contributed by atoms with Gasteiger partial charge < -0.3 is 85.3 Å². The molecule has 32 nitrogen and oxygen atoms in total. The Morgan fingerprint density at radius 3 is 0.589 bits per heavy atom. The molecule has 0 atom stereocenters. The summed E-state index contributed by atoms with van der Waals surface area (Å²) in [7, 11) is 0. The fourth-order valence-corrected chi connectivity index (χ4v) is 7.20. The number of ether oxygens (including phenoxy) is 18. The zero-order chi connectivity index (χ0) is 67.2. The summed E-state index contributed by atoms with van der Waals surface area (Å²) in [4.78, 5) is 178. The minimum absolute atomic E-state index is 0.385. The van der Waals surface area contributed by atoms with E-state index in [0.29, 0.717) is 0 Å². The van der Waals surface area contributed by atoms with Crippen molar-refractivity contribution >= 4 is 83.6 Å². The van der Waals surface area contributed by atoms with Crippen molar-refractivity contribution in [2.75, 3.05) is 0 Å². The van der Waals surface area contributed by atoms with Crippen molar-refractivity contribution < 1.29 is 152 Å². The Morgan fingerprint density at radius 1 is 0.167 bits per heavy atom. The third-order valence-corrected chi connectivity index (χ3v) is 9.61. The zero-order valence-electron chi connectivity index (χ0n) is 49.7. The maximum Gasteiger partial charge on any atom is 0.308 e. The number of rotatable bonds is 22. The van der Waals surface area contributed by atoms with E-state index >= 15 is 0 Å². The van der Waals surface area contributed by atoms with Crippen molar-refractivity contribution in [1.29, 1.82) is 0 Å². The molecule has 0 heterocycles. The fraction of sp³-hybridized carbons (Fsp3) is 0.241. The predicted octanol–water partition coefficient (Wildman–Crippen LogP) is 7.81. The Hall–Kier alpha value is -12.1. The number of hydrogen-bond acceptors (Lipinski definition) is 32. The molecule has 0 unspecified atom stereocenters. The van der Waals surface area contributed by atoms with Crippen LogP contribution < -0.4 is 85.3 Å². The van der Waals surface area contributed by atoms with Gasteiger partial charge in [-0.2, -0.15) is 0 Å². The van der Waals surface area contributed by atoms with E-state index in [2.05, 4.69) is 0 Å². The molecule has 0 aliphatic heterocycles. The topological polar surface area (TPSA) is 405 Å². The summed E-state index contributed by atoms with van der Waals surface area (Å²) < 4.78 is 100. The molecule has 0 aliphatic carbocycles. The summed E-state index contributed by atoms with van der Waals surface area (Å²) in [6, 6.07) is 6.76. The van der Waals surface area contributed by atoms with Gasteiger partial charge in [0.05, 0.1) is 0 Å². The molecule has 32 heteroatoms. The average Bonchev–Trinajstić information content (AvgIpc) is 0.893. The van der Waals surface area contributed by atoms with E-state index in [4.69, 9.17) is 85.3 Å². The lowest BCUT2D eigenvalue weighted by Gasteiger charge is -2.23. The summed E-state index contributed by atoms with van der Waals surface area (Å²) in [6.07, 6.45) is 0. The van der Waals surface area contributed by atoms with Gasteiger partial charge in [-0.3, -0.25) is 67.1 Å². The van der Waals surface area contributed by atoms with Crippen LogP contribution in [0, 0.1) is 0 Å². The highest BCUT2D eigenvalue weighted by atomic mass is 16.6. The van der Waals surface area contributed by atoms with Crippen LogP contribution in [0.25, 0.3) is 0 Å². The van der Waals surface area contributed by atoms with Gasteiger partial charge in [0.15, 0.2) is 57.5 Å². The normalized spacial score (nSPS) is 10.3. The quantitative estimate of drug-likeness (QED) is 0.0470. The van der Waals surface area contributed by atoms with E-state index in [1.165, 1.54) is 0 Å². The van der Waals surface area contributed by atoms with E-state index in [1.54, 1.807) is 0 Å². The Bertz CT molecular complexity index is 3740. The summed E-state index contributed by atoms with van der Waals surface area (Å²) >= 11 is 0. The van der Waals surface area contributed by atoms with Gasteiger partial charge in [0, 0.05) is 145 Å². The molecule has 5 aromatic rings. The van der Waals surface area contributed by atoms with Gasteiger partial charge in [-0.25, -0.2) is 0 Å². The molecule has 0 saturated heterocycles. The van der Waals surface area contributed by atoms with E-state index < -0.39 is 204 Å². The van der Waals surface area contributed by atoms with Crippen molar-refractivity contribution in [3.8, 4) is 126 Å². The molecule has 0 amide bonds. The van der Waals surface area contributed by atoms with Crippen LogP contribution in [0.4, 0.5) is 0 Å². The molecule has 0 saturated carbocycles. The van der Waals surface area contributed by atoms with Crippen LogP contribution in [-0.4, -0.2) is 83.6 Å². The highest BCUT2D eigenvalue weighted by Crippen LogP contribution is 2.59. The van der Waals surface area contributed by atoms with Gasteiger partial charge in [-0.15, -0.1) is 0 Å². The van der Waals surface area contributed by atoms with Crippen LogP contribution in [0.1, 0.15) is 96.9 Å². The number of benzene rings is 5. The van der Waals surface area contributed by atoms with Crippen LogP contribution in [0.2, 0.25) is 0 Å². The first-order chi connectivity index (χ1) is 42.1. The second kappa shape index (κ2) is 29.8. The standard InChI is InChI=1S/C58H50O32/c1-23(59)73-37-15-42(76-26(4)62)51(43(16-37)77-27(5)63)89-48-21-46(80-30(8)66)54(84-34(12)70)58(86-36(14)72)56(48)88-39-19-44(78-28(6)64)52(45(20-39)79-29(7)65)90-49-22-47(81-31(9)67)53(83-33(11)69)57(85-35(13)71)55(49)87-38-17-40(74-24(2)60)50(82-32(10)68)41(18-38)75-25(3)61/h15-22H,1-14H3. The first-order valence-corrected chi connectivity index (χ1v) is 25.3. The van der Waals surface area contributed by atoms with Gasteiger partial charge in [0.25, 0.3) is 0 Å². The van der Waals surface area contributed by atoms with Crippen molar-refractivity contribution in [2.24, 2.45) is 0 Å². The van der Waals surface area contributed by atoms with Crippen LogP contribution in [-0.2, 0) is 67.1 Å². The highest BCUT2D eigenvalue weighted by Gasteiger charge is 2.35. The molecule has 0 N–H and O–H groups in total. The van der Waals surface area contributed by atoms with E-state index in [-0.39, 0.29) is 5.75 Å². The second-order valence-corrected chi connectivity index (χ2v) is 17.7. The van der Waals surface area contributed by atoms with Crippen molar-refractivity contribution in [2.45, 2.75) is 96.9 Å². The SMILES string of the molecule is CC(=O)Oc1cc(OC(C)=O)c(Oc2cc(OC(C)=O)c(OC(C)=O)c(OC(C)=O)c2Oc2cc(OC(C)=O)c(Oc3cc(OC(C)=O)c(OC(C)=O)c(OC(C)=O)c3Oc3cc(OC(C)=O)c(OC(C)=O)c(OC(C)=O)c3)c(OC(C)=O)c2)c(OC(C)=O)c1. The van der Waals surface area contributed by atoms with E-state index in [1.807, 2.05) is 0 Å². The molecule has 5 rings (SSSR count). The zero-order valence-corrected chi connectivity index (χ0v) is 49.7. The van der Waals surface area contributed by atoms with Crippen molar-refractivity contribution in [3.63, 3.8) is 0 Å². The summed E-state index contributed by atoms with van der Waals surface area (Å²) in [5, 5.41) is 0. The maximum absolute atomic E-state index is 13.2. The third kappa shape index (κ3) is 19.5. The molecule has 0 bridgehead atoms. The second-order valence-electron chi connectivity index (χ2n) is 17.7. The number of esters is 14. The molecule has 0 aliphatic rings. The summed E-state index contributed by atoms with van der Waals surface area (Å²) in [6.45, 7) is 12.7. The summed E-state index contributed by atoms with van der Waals surface area (Å²) in [5.41, 5.74) is 0. The highest BCUT2D eigenvalue weighted by molar-refractivity contribution is 5.86. The smallest absolute Gasteiger partial charge is 0.308 e. The van der Waals surface area contributed by atoms with Crippen molar-refractivity contribution in [1.82, 2.24) is 0 Å². The Balaban J connectivity index is 1.98. The van der Waals surface area contributed by atoms with Crippen LogP contribution in [0.3, 0.4) is 0 Å². The molecule has 90 heavy (non-hydrogen) atoms. The van der Waals surface area contributed by atoms with Gasteiger partial charge in [-0.05, 0) is 0 Å². The van der Waals surface area contributed by atoms with Gasteiger partial charge >= 0.3 is 83.6 Å². The van der Waals surface area contributed by atoms with Gasteiger partial charge in [0.1, 0.15) is 17.2 Å². The predicted molar refractivity (Wildman–Crippen MR) is 291 cm³/mol. The van der Waals surface area contributed by atoms with Crippen molar-refractivity contribution in [3.05, 3.63) is 48.5 Å². The lowest BCUT2D eigenvalue weighted by Crippen LogP contribution is -2.13. The minimum Gasteiger partial charge on any atom is -0.449 e. The van der Waals surface area contributed by atoms with Gasteiger partial charge in [0.2, 0.25) is 51.7 Å². The Kier molecular flexibility index (Phi) is 22.7. The molecule has 0 spiro atoms. The Labute approximate surface area is 506 Å². The maximum atomic E-state index is 13.2.